The van der Waals surface area contributed by atoms with Crippen molar-refractivity contribution in [1.29, 1.82) is 0 Å². The van der Waals surface area contributed by atoms with Crippen molar-refractivity contribution in [3.05, 3.63) is 42.1 Å². The van der Waals surface area contributed by atoms with Crippen molar-refractivity contribution < 1.29 is 4.79 Å². The number of carbonyl (C=O) groups is 1. The molecule has 4 rings (SSSR count). The lowest BCUT2D eigenvalue weighted by Crippen LogP contribution is -2.27. The van der Waals surface area contributed by atoms with Crippen LogP contribution < -0.4 is 10.6 Å². The van der Waals surface area contributed by atoms with E-state index in [2.05, 4.69) is 20.6 Å². The number of nitrogens with one attached hydrogen (secondary N) is 2. The molecule has 1 aromatic heterocycles. The van der Waals surface area contributed by atoms with Crippen molar-refractivity contribution in [3.8, 4) is 11.4 Å². The Morgan fingerprint density at radius 1 is 0.920 bits per heavy atom. The van der Waals surface area contributed by atoms with Crippen molar-refractivity contribution in [2.24, 2.45) is 0 Å². The van der Waals surface area contributed by atoms with Gasteiger partial charge in [0.25, 0.3) is 5.91 Å². The molecule has 0 radical (unpaired) electrons. The van der Waals surface area contributed by atoms with Gasteiger partial charge in [0.1, 0.15) is 11.5 Å². The standard InChI is InChI=1S/C20H24N4O/c25-20(22-16-11-12-16)17-13-18(21-15-9-5-2-6-10-15)24-19(23-17)14-7-3-1-4-8-14/h1,3-4,7-8,13,15-16H,2,5-6,9-12H2,(H,22,25)(H,21,23,24). The molecule has 1 heterocycles. The number of hydrogen-bond acceptors (Lipinski definition) is 4. The Morgan fingerprint density at radius 3 is 2.40 bits per heavy atom. The van der Waals surface area contributed by atoms with E-state index in [-0.39, 0.29) is 5.91 Å². The lowest BCUT2D eigenvalue weighted by Gasteiger charge is -2.23. The number of amides is 1. The highest BCUT2D eigenvalue weighted by Gasteiger charge is 2.25. The van der Waals surface area contributed by atoms with Gasteiger partial charge in [0.05, 0.1) is 0 Å². The monoisotopic (exact) mass is 336 g/mol. The van der Waals surface area contributed by atoms with Gasteiger partial charge in [0.2, 0.25) is 0 Å². The number of anilines is 1. The largest absolute Gasteiger partial charge is 0.367 e. The number of benzene rings is 1. The maximum absolute atomic E-state index is 12.5. The van der Waals surface area contributed by atoms with Crippen molar-refractivity contribution in [3.63, 3.8) is 0 Å². The third-order valence-electron chi connectivity index (χ3n) is 4.86. The molecule has 0 aliphatic heterocycles. The molecule has 25 heavy (non-hydrogen) atoms. The molecule has 0 atom stereocenters. The maximum atomic E-state index is 12.5. The number of nitrogens with zero attached hydrogens (tertiary/aromatic N) is 2. The van der Waals surface area contributed by atoms with Gasteiger partial charge in [-0.25, -0.2) is 9.97 Å². The van der Waals surface area contributed by atoms with Crippen LogP contribution in [-0.2, 0) is 0 Å². The summed E-state index contributed by atoms with van der Waals surface area (Å²) < 4.78 is 0. The molecule has 2 aliphatic carbocycles. The van der Waals surface area contributed by atoms with Crippen LogP contribution in [0.2, 0.25) is 0 Å². The van der Waals surface area contributed by atoms with Crippen LogP contribution in [-0.4, -0.2) is 28.0 Å². The van der Waals surface area contributed by atoms with Crippen LogP contribution in [0.4, 0.5) is 5.82 Å². The summed E-state index contributed by atoms with van der Waals surface area (Å²) in [6.45, 7) is 0. The summed E-state index contributed by atoms with van der Waals surface area (Å²) in [6, 6.07) is 12.4. The summed E-state index contributed by atoms with van der Waals surface area (Å²) in [4.78, 5) is 21.7. The van der Waals surface area contributed by atoms with Gasteiger partial charge < -0.3 is 10.6 Å². The SMILES string of the molecule is O=C(NC1CC1)c1cc(NC2CCCCC2)nc(-c2ccccc2)n1. The maximum Gasteiger partial charge on any atom is 0.270 e. The quantitative estimate of drug-likeness (QED) is 0.872. The zero-order chi connectivity index (χ0) is 17.1. The normalized spacial score (nSPS) is 17.9. The van der Waals surface area contributed by atoms with Gasteiger partial charge in [-0.15, -0.1) is 0 Å². The molecule has 0 spiro atoms. The fourth-order valence-electron chi connectivity index (χ4n) is 3.30. The Hall–Kier alpha value is -2.43. The first-order valence-electron chi connectivity index (χ1n) is 9.30. The molecule has 0 unspecified atom stereocenters. The van der Waals surface area contributed by atoms with E-state index in [1.807, 2.05) is 30.3 Å². The second kappa shape index (κ2) is 7.21. The lowest BCUT2D eigenvalue weighted by atomic mass is 9.95. The number of hydrogen-bond donors (Lipinski definition) is 2. The van der Waals surface area contributed by atoms with Gasteiger partial charge in [0.15, 0.2) is 5.82 Å². The second-order valence-corrected chi connectivity index (χ2v) is 7.06. The first kappa shape index (κ1) is 16.1. The number of carbonyl (C=O) groups excluding carboxylic acids is 1. The van der Waals surface area contributed by atoms with E-state index in [0.717, 1.165) is 37.1 Å². The van der Waals surface area contributed by atoms with Crippen LogP contribution in [0.1, 0.15) is 55.4 Å². The highest BCUT2D eigenvalue weighted by molar-refractivity contribution is 5.93. The van der Waals surface area contributed by atoms with Crippen LogP contribution in [0.25, 0.3) is 11.4 Å². The van der Waals surface area contributed by atoms with E-state index in [0.29, 0.717) is 23.6 Å². The van der Waals surface area contributed by atoms with Crippen LogP contribution in [0, 0.1) is 0 Å². The highest BCUT2D eigenvalue weighted by atomic mass is 16.2. The molecule has 130 valence electrons. The number of aromatic nitrogens is 2. The lowest BCUT2D eigenvalue weighted by molar-refractivity contribution is 0.0946. The fraction of sp³-hybridized carbons (Fsp3) is 0.450. The topological polar surface area (TPSA) is 66.9 Å². The molecule has 1 amide bonds. The Labute approximate surface area is 148 Å². The highest BCUT2D eigenvalue weighted by Crippen LogP contribution is 2.24. The van der Waals surface area contributed by atoms with E-state index in [9.17, 15) is 4.79 Å². The van der Waals surface area contributed by atoms with E-state index in [1.165, 1.54) is 19.3 Å². The predicted molar refractivity (Wildman–Crippen MR) is 98.5 cm³/mol. The van der Waals surface area contributed by atoms with Crippen LogP contribution in [0.15, 0.2) is 36.4 Å². The summed E-state index contributed by atoms with van der Waals surface area (Å²) in [7, 11) is 0. The zero-order valence-corrected chi connectivity index (χ0v) is 14.4. The van der Waals surface area contributed by atoms with Crippen molar-refractivity contribution in [2.75, 3.05) is 5.32 Å². The molecular formula is C20H24N4O. The summed E-state index contributed by atoms with van der Waals surface area (Å²) in [5, 5.41) is 6.55. The van der Waals surface area contributed by atoms with Crippen molar-refractivity contribution in [1.82, 2.24) is 15.3 Å². The Balaban J connectivity index is 1.62. The van der Waals surface area contributed by atoms with Gasteiger partial charge in [-0.3, -0.25) is 4.79 Å². The molecule has 0 saturated heterocycles. The van der Waals surface area contributed by atoms with Gasteiger partial charge in [-0.1, -0.05) is 49.6 Å². The molecule has 5 nitrogen and oxygen atoms in total. The molecule has 2 saturated carbocycles. The van der Waals surface area contributed by atoms with Gasteiger partial charge in [-0.05, 0) is 25.7 Å². The Kier molecular flexibility index (Phi) is 4.63. The minimum atomic E-state index is -0.103. The fourth-order valence-corrected chi connectivity index (χ4v) is 3.30. The predicted octanol–water partition coefficient (Wildman–Crippen LogP) is 3.78. The molecular weight excluding hydrogens is 312 g/mol. The van der Waals surface area contributed by atoms with Crippen molar-refractivity contribution in [2.45, 2.75) is 57.0 Å². The van der Waals surface area contributed by atoms with E-state index in [4.69, 9.17) is 0 Å². The summed E-state index contributed by atoms with van der Waals surface area (Å²) >= 11 is 0. The molecule has 2 N–H and O–H groups in total. The van der Waals surface area contributed by atoms with Gasteiger partial charge >= 0.3 is 0 Å². The Bertz CT molecular complexity index is 737. The zero-order valence-electron chi connectivity index (χ0n) is 14.4. The third kappa shape index (κ3) is 4.16. The molecule has 2 fully saturated rings. The van der Waals surface area contributed by atoms with E-state index < -0.39 is 0 Å². The van der Waals surface area contributed by atoms with Crippen LogP contribution >= 0.6 is 0 Å². The van der Waals surface area contributed by atoms with E-state index >= 15 is 0 Å². The van der Waals surface area contributed by atoms with Gasteiger partial charge in [-0.2, -0.15) is 0 Å². The van der Waals surface area contributed by atoms with Crippen molar-refractivity contribution >= 4 is 11.7 Å². The molecule has 1 aromatic carbocycles. The minimum absolute atomic E-state index is 0.103. The molecule has 2 aromatic rings. The Morgan fingerprint density at radius 2 is 1.68 bits per heavy atom. The molecule has 0 bridgehead atoms. The summed E-state index contributed by atoms with van der Waals surface area (Å²) in [5.41, 5.74) is 1.37. The first-order chi connectivity index (χ1) is 12.3. The minimum Gasteiger partial charge on any atom is -0.367 e. The first-order valence-corrected chi connectivity index (χ1v) is 9.30. The average molecular weight is 336 g/mol. The summed E-state index contributed by atoms with van der Waals surface area (Å²) in [6.07, 6.45) is 8.27. The third-order valence-corrected chi connectivity index (χ3v) is 4.86. The van der Waals surface area contributed by atoms with Crippen LogP contribution in [0.5, 0.6) is 0 Å². The average Bonchev–Trinajstić information content (AvgIpc) is 3.47. The summed E-state index contributed by atoms with van der Waals surface area (Å²) in [5.74, 6) is 1.25. The van der Waals surface area contributed by atoms with Crippen LogP contribution in [0.3, 0.4) is 0 Å². The second-order valence-electron chi connectivity index (χ2n) is 7.06. The molecule has 5 heteroatoms. The smallest absolute Gasteiger partial charge is 0.270 e. The number of rotatable bonds is 5. The van der Waals surface area contributed by atoms with E-state index in [1.54, 1.807) is 6.07 Å². The van der Waals surface area contributed by atoms with Gasteiger partial charge in [0, 0.05) is 23.7 Å². The molecule has 2 aliphatic rings.